The van der Waals surface area contributed by atoms with Crippen LogP contribution in [0.1, 0.15) is 20.8 Å². The maximum atomic E-state index is 12.5. The second-order valence-corrected chi connectivity index (χ2v) is 6.18. The van der Waals surface area contributed by atoms with Crippen molar-refractivity contribution >= 4 is 17.3 Å². The summed E-state index contributed by atoms with van der Waals surface area (Å²) in [7, 11) is 1.41. The predicted molar refractivity (Wildman–Crippen MR) is 88.4 cm³/mol. The number of nitrogens with zero attached hydrogens (tertiary/aromatic N) is 1. The molecular weight excluding hydrogens is 314 g/mol. The number of benzene rings is 1. The Balaban J connectivity index is 2.09. The molecule has 0 radical (unpaired) electrons. The van der Waals surface area contributed by atoms with Crippen molar-refractivity contribution in [3.05, 3.63) is 28.3 Å². The summed E-state index contributed by atoms with van der Waals surface area (Å²) in [6.45, 7) is 7.39. The van der Waals surface area contributed by atoms with Gasteiger partial charge in [0.2, 0.25) is 0 Å². The van der Waals surface area contributed by atoms with E-state index in [1.54, 1.807) is 0 Å². The number of rotatable bonds is 5. The molecule has 0 bridgehead atoms. The van der Waals surface area contributed by atoms with Crippen molar-refractivity contribution < 1.29 is 24.1 Å². The highest BCUT2D eigenvalue weighted by atomic mass is 16.6. The fraction of sp³-hybridized carbons (Fsp3) is 0.562. The van der Waals surface area contributed by atoms with Gasteiger partial charge in [0.05, 0.1) is 23.8 Å². The van der Waals surface area contributed by atoms with Crippen LogP contribution in [0.15, 0.2) is 18.2 Å². The molecule has 0 unspecified atom stereocenters. The molecule has 132 valence electrons. The van der Waals surface area contributed by atoms with E-state index in [4.69, 9.17) is 9.47 Å². The Bertz CT molecular complexity index is 612. The monoisotopic (exact) mass is 338 g/mol. The number of carbonyl (C=O) groups excluding carboxylic acids is 1. The van der Waals surface area contributed by atoms with E-state index in [9.17, 15) is 14.9 Å². The van der Waals surface area contributed by atoms with Crippen LogP contribution in [-0.4, -0.2) is 49.3 Å². The number of hydrogen-bond donors (Lipinski definition) is 2. The van der Waals surface area contributed by atoms with Crippen molar-refractivity contribution in [2.24, 2.45) is 0 Å². The smallest absolute Gasteiger partial charge is 0.282 e. The number of methoxy groups -OCH3 is 1. The lowest BCUT2D eigenvalue weighted by atomic mass is 10.1. The van der Waals surface area contributed by atoms with E-state index in [1.165, 1.54) is 25.3 Å². The zero-order valence-electron chi connectivity index (χ0n) is 14.4. The van der Waals surface area contributed by atoms with Gasteiger partial charge in [0.15, 0.2) is 6.04 Å². The van der Waals surface area contributed by atoms with Gasteiger partial charge in [-0.1, -0.05) is 0 Å². The Morgan fingerprint density at radius 3 is 2.58 bits per heavy atom. The van der Waals surface area contributed by atoms with Crippen LogP contribution in [0, 0.1) is 10.1 Å². The van der Waals surface area contributed by atoms with E-state index in [0.717, 1.165) is 18.0 Å². The third-order valence-electron chi connectivity index (χ3n) is 4.22. The molecule has 24 heavy (non-hydrogen) atoms. The third kappa shape index (κ3) is 4.21. The first-order valence-electron chi connectivity index (χ1n) is 7.95. The van der Waals surface area contributed by atoms with Gasteiger partial charge in [0, 0.05) is 6.07 Å². The van der Waals surface area contributed by atoms with Gasteiger partial charge in [-0.15, -0.1) is 0 Å². The average Bonchev–Trinajstić information content (AvgIpc) is 2.53. The van der Waals surface area contributed by atoms with Crippen LogP contribution in [0.3, 0.4) is 0 Å². The van der Waals surface area contributed by atoms with E-state index in [1.807, 2.05) is 20.8 Å². The third-order valence-corrected chi connectivity index (χ3v) is 4.22. The molecule has 0 aromatic heterocycles. The minimum atomic E-state index is -0.503. The number of morpholine rings is 1. The number of amides is 1. The van der Waals surface area contributed by atoms with Crippen molar-refractivity contribution in [1.82, 2.24) is 0 Å². The minimum absolute atomic E-state index is 0.0839. The summed E-state index contributed by atoms with van der Waals surface area (Å²) in [5.41, 5.74) is 0.341. The van der Waals surface area contributed by atoms with Crippen molar-refractivity contribution in [2.75, 3.05) is 25.5 Å². The molecular formula is C16H24N3O5+. The number of hydrogen-bond acceptors (Lipinski definition) is 5. The van der Waals surface area contributed by atoms with Crippen LogP contribution < -0.4 is 15.0 Å². The van der Waals surface area contributed by atoms with Crippen LogP contribution in [0.25, 0.3) is 0 Å². The van der Waals surface area contributed by atoms with Gasteiger partial charge in [0.25, 0.3) is 11.6 Å². The number of ether oxygens (including phenoxy) is 2. The molecule has 1 heterocycles. The molecule has 0 spiro atoms. The SMILES string of the molecule is COc1cc([N+](=O)[O-])ccc1NC(=O)[C@H](C)[NH+]1C[C@@H](C)O[C@H](C)C1. The Kier molecular flexibility index (Phi) is 5.74. The summed E-state index contributed by atoms with van der Waals surface area (Å²) in [5, 5.41) is 13.6. The maximum Gasteiger partial charge on any atom is 0.282 e. The summed E-state index contributed by atoms with van der Waals surface area (Å²) in [6, 6.07) is 3.86. The number of carbonyl (C=O) groups is 1. The zero-order chi connectivity index (χ0) is 17.9. The van der Waals surface area contributed by atoms with Crippen molar-refractivity contribution in [2.45, 2.75) is 39.0 Å². The number of nitro benzene ring substituents is 1. The van der Waals surface area contributed by atoms with Crippen LogP contribution in [0.5, 0.6) is 5.75 Å². The molecule has 0 saturated carbocycles. The highest BCUT2D eigenvalue weighted by Crippen LogP contribution is 2.28. The Labute approximate surface area is 140 Å². The lowest BCUT2D eigenvalue weighted by Gasteiger charge is -2.35. The molecule has 0 aliphatic carbocycles. The predicted octanol–water partition coefficient (Wildman–Crippen LogP) is 0.623. The summed E-state index contributed by atoms with van der Waals surface area (Å²) >= 11 is 0. The fourth-order valence-corrected chi connectivity index (χ4v) is 2.99. The molecule has 1 aliphatic rings. The molecule has 1 amide bonds. The summed E-state index contributed by atoms with van der Waals surface area (Å²) in [6.07, 6.45) is 0.209. The molecule has 2 N–H and O–H groups in total. The van der Waals surface area contributed by atoms with Gasteiger partial charge < -0.3 is 19.7 Å². The Morgan fingerprint density at radius 1 is 1.42 bits per heavy atom. The largest absolute Gasteiger partial charge is 0.494 e. The number of anilines is 1. The summed E-state index contributed by atoms with van der Waals surface area (Å²) in [5.74, 6) is 0.113. The first kappa shape index (κ1) is 18.2. The van der Waals surface area contributed by atoms with Crippen molar-refractivity contribution in [3.63, 3.8) is 0 Å². The molecule has 3 atom stereocenters. The fourth-order valence-electron chi connectivity index (χ4n) is 2.99. The normalized spacial score (nSPS) is 24.9. The van der Waals surface area contributed by atoms with E-state index >= 15 is 0 Å². The lowest BCUT2D eigenvalue weighted by molar-refractivity contribution is -0.928. The molecule has 1 fully saturated rings. The van der Waals surface area contributed by atoms with Gasteiger partial charge in [-0.25, -0.2) is 0 Å². The number of quaternary nitrogens is 1. The molecule has 1 saturated heterocycles. The van der Waals surface area contributed by atoms with Gasteiger partial charge in [-0.2, -0.15) is 0 Å². The molecule has 1 aromatic rings. The molecule has 8 heteroatoms. The topological polar surface area (TPSA) is 95.1 Å². The minimum Gasteiger partial charge on any atom is -0.494 e. The highest BCUT2D eigenvalue weighted by Gasteiger charge is 2.33. The van der Waals surface area contributed by atoms with Gasteiger partial charge in [0.1, 0.15) is 31.0 Å². The van der Waals surface area contributed by atoms with E-state index < -0.39 is 4.92 Å². The molecule has 2 rings (SSSR count). The summed E-state index contributed by atoms with van der Waals surface area (Å²) < 4.78 is 10.9. The number of nitro groups is 1. The molecule has 8 nitrogen and oxygen atoms in total. The number of non-ortho nitro benzene ring substituents is 1. The quantitative estimate of drug-likeness (QED) is 0.606. The second kappa shape index (κ2) is 7.59. The second-order valence-electron chi connectivity index (χ2n) is 6.18. The number of nitrogens with one attached hydrogen (secondary N) is 2. The van der Waals surface area contributed by atoms with Crippen LogP contribution in [0.4, 0.5) is 11.4 Å². The van der Waals surface area contributed by atoms with Gasteiger partial charge in [-0.3, -0.25) is 14.9 Å². The van der Waals surface area contributed by atoms with E-state index in [-0.39, 0.29) is 35.6 Å². The Morgan fingerprint density at radius 2 is 2.04 bits per heavy atom. The van der Waals surface area contributed by atoms with Gasteiger partial charge >= 0.3 is 0 Å². The van der Waals surface area contributed by atoms with Crippen LogP contribution in [-0.2, 0) is 9.53 Å². The standard InChI is InChI=1S/C16H23N3O5/c1-10-8-18(9-11(2)24-10)12(3)16(20)17-14-6-5-13(19(21)22)7-15(14)23-4/h5-7,10-12H,8-9H2,1-4H3,(H,17,20)/p+1/t10-,11-,12+/m1/s1. The van der Waals surface area contributed by atoms with E-state index in [0.29, 0.717) is 5.69 Å². The molecule has 1 aromatic carbocycles. The highest BCUT2D eigenvalue weighted by molar-refractivity contribution is 5.95. The zero-order valence-corrected chi connectivity index (χ0v) is 14.4. The van der Waals surface area contributed by atoms with Crippen molar-refractivity contribution in [3.8, 4) is 5.75 Å². The van der Waals surface area contributed by atoms with Gasteiger partial charge in [-0.05, 0) is 26.8 Å². The first-order chi connectivity index (χ1) is 11.3. The lowest BCUT2D eigenvalue weighted by Crippen LogP contribution is -3.19. The Hall–Kier alpha value is -2.19. The average molecular weight is 338 g/mol. The van der Waals surface area contributed by atoms with Crippen molar-refractivity contribution in [1.29, 1.82) is 0 Å². The first-order valence-corrected chi connectivity index (χ1v) is 7.95. The summed E-state index contributed by atoms with van der Waals surface area (Å²) in [4.78, 5) is 24.0. The molecule has 1 aliphatic heterocycles. The maximum absolute atomic E-state index is 12.5. The van der Waals surface area contributed by atoms with E-state index in [2.05, 4.69) is 5.32 Å². The van der Waals surface area contributed by atoms with Crippen LogP contribution in [0.2, 0.25) is 0 Å². The van der Waals surface area contributed by atoms with Crippen LogP contribution >= 0.6 is 0 Å².